The van der Waals surface area contributed by atoms with Crippen molar-refractivity contribution < 1.29 is 39.6 Å². The highest BCUT2D eigenvalue weighted by Gasteiger charge is 2.38. The summed E-state index contributed by atoms with van der Waals surface area (Å²) in [7, 11) is 0. The molecule has 10 heteroatoms. The quantitative estimate of drug-likeness (QED) is 0.387. The predicted molar refractivity (Wildman–Crippen MR) is 102 cm³/mol. The molecule has 0 radical (unpaired) electrons. The monoisotopic (exact) mass is 412 g/mol. The number of carboxylic acid groups (broad SMARTS) is 2. The molecule has 1 heterocycles. The number of anilines is 1. The molecule has 2 aromatic rings. The van der Waals surface area contributed by atoms with E-state index in [1.54, 1.807) is 0 Å². The van der Waals surface area contributed by atoms with Gasteiger partial charge in [0.2, 0.25) is 0 Å². The number of imide groups is 1. The number of hydrogen-bond donors (Lipinski definition) is 4. The summed E-state index contributed by atoms with van der Waals surface area (Å²) in [6, 6.07) is 7.27. The zero-order valence-electron chi connectivity index (χ0n) is 15.3. The highest BCUT2D eigenvalue weighted by molar-refractivity contribution is 6.14. The third-order valence-electron chi connectivity index (χ3n) is 4.43. The number of carbonyl (C=O) groups is 4. The summed E-state index contributed by atoms with van der Waals surface area (Å²) in [5, 5.41) is 39.7. The number of carbonyl (C=O) groups excluding carboxylic acids is 2. The van der Waals surface area contributed by atoms with Crippen LogP contribution in [0.3, 0.4) is 0 Å². The van der Waals surface area contributed by atoms with Crippen LogP contribution in [0.2, 0.25) is 0 Å². The Kier molecular flexibility index (Phi) is 5.41. The van der Waals surface area contributed by atoms with Crippen LogP contribution < -0.4 is 5.01 Å². The van der Waals surface area contributed by atoms with Crippen LogP contribution in [0, 0.1) is 0 Å². The number of carboxylic acids is 2. The lowest BCUT2D eigenvalue weighted by atomic mass is 10.0. The smallest absolute Gasteiger partial charge is 0.335 e. The number of nitrogens with zero attached hydrogens (tertiary/aromatic N) is 2. The Labute approximate surface area is 169 Å². The van der Waals surface area contributed by atoms with E-state index in [1.807, 2.05) is 0 Å². The Morgan fingerprint density at radius 1 is 0.900 bits per heavy atom. The van der Waals surface area contributed by atoms with Gasteiger partial charge in [0.05, 0.1) is 11.3 Å². The molecule has 30 heavy (non-hydrogen) atoms. The van der Waals surface area contributed by atoms with E-state index >= 15 is 0 Å². The molecule has 3 rings (SSSR count). The number of rotatable bonds is 7. The number of aromatic hydroxyl groups is 2. The Morgan fingerprint density at radius 3 is 2.00 bits per heavy atom. The summed E-state index contributed by atoms with van der Waals surface area (Å²) in [5.41, 5.74) is 0.351. The number of amides is 2. The van der Waals surface area contributed by atoms with Gasteiger partial charge in [-0.15, -0.1) is 0 Å². The van der Waals surface area contributed by atoms with Crippen LogP contribution in [0.1, 0.15) is 15.9 Å². The number of phenols is 2. The Hall–Kier alpha value is -4.34. The fourth-order valence-corrected chi connectivity index (χ4v) is 2.99. The molecule has 1 atom stereocenters. The van der Waals surface area contributed by atoms with Gasteiger partial charge in [0.15, 0.2) is 17.5 Å². The van der Waals surface area contributed by atoms with Crippen LogP contribution in [0.4, 0.5) is 5.69 Å². The molecular formula is C20H16N2O8. The van der Waals surface area contributed by atoms with Crippen LogP contribution in [0.25, 0.3) is 0 Å². The molecule has 0 aromatic heterocycles. The van der Waals surface area contributed by atoms with Crippen molar-refractivity contribution in [1.82, 2.24) is 5.01 Å². The van der Waals surface area contributed by atoms with Crippen molar-refractivity contribution >= 4 is 29.4 Å². The van der Waals surface area contributed by atoms with Gasteiger partial charge in [-0.1, -0.05) is 6.07 Å². The maximum atomic E-state index is 12.3. The zero-order chi connectivity index (χ0) is 22.0. The summed E-state index contributed by atoms with van der Waals surface area (Å²) in [5.74, 6) is -4.94. The van der Waals surface area contributed by atoms with Gasteiger partial charge in [0.25, 0.3) is 11.8 Å². The normalized spacial score (nSPS) is 14.1. The summed E-state index contributed by atoms with van der Waals surface area (Å²) in [6.07, 6.45) is 1.74. The van der Waals surface area contributed by atoms with Gasteiger partial charge < -0.3 is 20.4 Å². The molecule has 0 spiro atoms. The van der Waals surface area contributed by atoms with Crippen molar-refractivity contribution in [2.75, 3.05) is 5.01 Å². The van der Waals surface area contributed by atoms with Crippen molar-refractivity contribution in [3.05, 3.63) is 65.7 Å². The second-order valence-electron chi connectivity index (χ2n) is 6.40. The molecule has 0 aliphatic carbocycles. The molecule has 0 fully saturated rings. The van der Waals surface area contributed by atoms with Crippen molar-refractivity contribution in [3.63, 3.8) is 0 Å². The first-order chi connectivity index (χ1) is 14.2. The molecule has 0 saturated carbocycles. The molecule has 4 N–H and O–H groups in total. The zero-order valence-corrected chi connectivity index (χ0v) is 15.3. The van der Waals surface area contributed by atoms with E-state index in [-0.39, 0.29) is 23.4 Å². The lowest BCUT2D eigenvalue weighted by Crippen LogP contribution is -2.55. The molecule has 10 nitrogen and oxygen atoms in total. The van der Waals surface area contributed by atoms with E-state index in [2.05, 4.69) is 0 Å². The van der Waals surface area contributed by atoms with Crippen LogP contribution in [0.15, 0.2) is 54.6 Å². The average Bonchev–Trinajstić information content (AvgIpc) is 3.03. The first kappa shape index (κ1) is 20.4. The standard InChI is InChI=1S/C20H16N2O8/c23-15-6-1-11(10-16(15)24)9-14(20(29)30)21(22-17(25)7-8-18(22)26)13-4-2-12(3-5-13)19(27)28/h1-8,10,14,23-24H,9H2,(H,27,28)(H,29,30)/t14-/m0/s1. The van der Waals surface area contributed by atoms with Crippen molar-refractivity contribution in [3.8, 4) is 11.5 Å². The number of hydrogen-bond acceptors (Lipinski definition) is 7. The van der Waals surface area contributed by atoms with Crippen LogP contribution in [0.5, 0.6) is 11.5 Å². The molecule has 2 aromatic carbocycles. The maximum Gasteiger partial charge on any atom is 0.335 e. The van der Waals surface area contributed by atoms with Crippen molar-refractivity contribution in [1.29, 1.82) is 0 Å². The molecular weight excluding hydrogens is 396 g/mol. The third kappa shape index (κ3) is 3.92. The summed E-state index contributed by atoms with van der Waals surface area (Å²) in [6.45, 7) is 0. The first-order valence-corrected chi connectivity index (χ1v) is 8.61. The summed E-state index contributed by atoms with van der Waals surface area (Å²) in [4.78, 5) is 47.7. The molecule has 0 unspecified atom stereocenters. The number of hydrazine groups is 1. The number of aromatic carboxylic acids is 1. The molecule has 154 valence electrons. The van der Waals surface area contributed by atoms with E-state index in [0.29, 0.717) is 10.6 Å². The van der Waals surface area contributed by atoms with Gasteiger partial charge in [0, 0.05) is 18.6 Å². The highest BCUT2D eigenvalue weighted by Crippen LogP contribution is 2.29. The predicted octanol–water partition coefficient (Wildman–Crippen LogP) is 1.14. The molecule has 2 amide bonds. The van der Waals surface area contributed by atoms with Gasteiger partial charge >= 0.3 is 11.9 Å². The van der Waals surface area contributed by atoms with Crippen molar-refractivity contribution in [2.45, 2.75) is 12.5 Å². The number of aliphatic carboxylic acids is 1. The van der Waals surface area contributed by atoms with Gasteiger partial charge in [-0.25, -0.2) is 9.59 Å². The molecule has 0 saturated heterocycles. The van der Waals surface area contributed by atoms with E-state index in [0.717, 1.165) is 17.2 Å². The summed E-state index contributed by atoms with van der Waals surface area (Å²) >= 11 is 0. The molecule has 0 bridgehead atoms. The Balaban J connectivity index is 2.06. The SMILES string of the molecule is O=C(O)c1ccc(N([C@@H](Cc2ccc(O)c(O)c2)C(=O)O)N2C(=O)C=CC2=O)cc1. The summed E-state index contributed by atoms with van der Waals surface area (Å²) < 4.78 is 0. The minimum Gasteiger partial charge on any atom is -0.504 e. The first-order valence-electron chi connectivity index (χ1n) is 8.61. The second-order valence-corrected chi connectivity index (χ2v) is 6.40. The Bertz CT molecular complexity index is 1040. The number of phenolic OH excluding ortho intramolecular Hbond substituents is 2. The molecule has 1 aliphatic rings. The molecule has 1 aliphatic heterocycles. The van der Waals surface area contributed by atoms with E-state index in [1.165, 1.54) is 42.5 Å². The maximum absolute atomic E-state index is 12.3. The van der Waals surface area contributed by atoms with Crippen LogP contribution >= 0.6 is 0 Å². The minimum absolute atomic E-state index is 0.0637. The number of benzene rings is 2. The van der Waals surface area contributed by atoms with E-state index < -0.39 is 35.5 Å². The topological polar surface area (TPSA) is 156 Å². The average molecular weight is 412 g/mol. The van der Waals surface area contributed by atoms with Crippen molar-refractivity contribution in [2.24, 2.45) is 0 Å². The van der Waals surface area contributed by atoms with Gasteiger partial charge in [-0.05, 0) is 42.0 Å². The van der Waals surface area contributed by atoms with E-state index in [9.17, 15) is 34.5 Å². The lowest BCUT2D eigenvalue weighted by molar-refractivity contribution is -0.142. The van der Waals surface area contributed by atoms with Gasteiger partial charge in [0.1, 0.15) is 0 Å². The van der Waals surface area contributed by atoms with Crippen LogP contribution in [-0.4, -0.2) is 55.2 Å². The lowest BCUT2D eigenvalue weighted by Gasteiger charge is -2.36. The van der Waals surface area contributed by atoms with Gasteiger partial charge in [-0.2, -0.15) is 5.01 Å². The Morgan fingerprint density at radius 2 is 1.50 bits per heavy atom. The fourth-order valence-electron chi connectivity index (χ4n) is 2.99. The van der Waals surface area contributed by atoms with Gasteiger partial charge in [-0.3, -0.25) is 14.6 Å². The fraction of sp³-hybridized carbons (Fsp3) is 0.100. The third-order valence-corrected chi connectivity index (χ3v) is 4.43. The highest BCUT2D eigenvalue weighted by atomic mass is 16.4. The van der Waals surface area contributed by atoms with Crippen LogP contribution in [-0.2, 0) is 20.8 Å². The van der Waals surface area contributed by atoms with E-state index in [4.69, 9.17) is 5.11 Å². The second kappa shape index (κ2) is 7.95. The largest absolute Gasteiger partial charge is 0.504 e. The minimum atomic E-state index is -1.47.